The molecule has 0 aromatic heterocycles. The molecular weight excluding hydrogens is 180 g/mol. The van der Waals surface area contributed by atoms with E-state index in [0.717, 1.165) is 0 Å². The monoisotopic (exact) mass is 194 g/mol. The Hall–Kier alpha value is -1.50. The average molecular weight is 194 g/mol. The minimum atomic E-state index is -0.303. The van der Waals surface area contributed by atoms with Gasteiger partial charge in [-0.25, -0.2) is 0 Å². The maximum absolute atomic E-state index is 11.3. The SMILES string of the molecule is CC(C)C#COC(=O)C1CN=CNC1. The van der Waals surface area contributed by atoms with Crippen molar-refractivity contribution in [3.05, 3.63) is 0 Å². The molecule has 0 aromatic carbocycles. The highest BCUT2D eigenvalue weighted by atomic mass is 16.5. The second-order valence-corrected chi connectivity index (χ2v) is 3.42. The number of rotatable bonds is 1. The lowest BCUT2D eigenvalue weighted by Gasteiger charge is -2.14. The molecule has 0 aromatic rings. The molecule has 0 aliphatic carbocycles. The highest BCUT2D eigenvalue weighted by Gasteiger charge is 2.20. The van der Waals surface area contributed by atoms with E-state index in [2.05, 4.69) is 22.3 Å². The first kappa shape index (κ1) is 10.6. The third kappa shape index (κ3) is 3.48. The van der Waals surface area contributed by atoms with Gasteiger partial charge in [-0.05, 0) is 0 Å². The molecule has 1 atom stereocenters. The Morgan fingerprint density at radius 2 is 2.50 bits per heavy atom. The van der Waals surface area contributed by atoms with Crippen LogP contribution < -0.4 is 5.32 Å². The van der Waals surface area contributed by atoms with Crippen LogP contribution in [-0.4, -0.2) is 25.4 Å². The summed E-state index contributed by atoms with van der Waals surface area (Å²) in [5.74, 6) is 2.47. The van der Waals surface area contributed by atoms with Gasteiger partial charge in [-0.15, -0.1) is 0 Å². The van der Waals surface area contributed by atoms with Gasteiger partial charge < -0.3 is 10.1 Å². The van der Waals surface area contributed by atoms with Crippen molar-refractivity contribution in [3.63, 3.8) is 0 Å². The summed E-state index contributed by atoms with van der Waals surface area (Å²) in [4.78, 5) is 15.3. The van der Waals surface area contributed by atoms with E-state index in [-0.39, 0.29) is 17.8 Å². The van der Waals surface area contributed by atoms with Crippen LogP contribution in [0, 0.1) is 23.9 Å². The van der Waals surface area contributed by atoms with Gasteiger partial charge in [0, 0.05) is 12.5 Å². The molecule has 0 amide bonds. The van der Waals surface area contributed by atoms with Gasteiger partial charge in [0.2, 0.25) is 0 Å². The second-order valence-electron chi connectivity index (χ2n) is 3.42. The number of hydrogen-bond acceptors (Lipinski definition) is 4. The zero-order chi connectivity index (χ0) is 10.4. The summed E-state index contributed by atoms with van der Waals surface area (Å²) in [7, 11) is 0. The number of carbonyl (C=O) groups excluding carboxylic acids is 1. The Bertz CT molecular complexity index is 286. The van der Waals surface area contributed by atoms with E-state index in [4.69, 9.17) is 4.74 Å². The summed E-state index contributed by atoms with van der Waals surface area (Å²) < 4.78 is 4.78. The van der Waals surface area contributed by atoms with Crippen LogP contribution in [0.2, 0.25) is 0 Å². The first-order valence-corrected chi connectivity index (χ1v) is 4.63. The van der Waals surface area contributed by atoms with Crippen molar-refractivity contribution in [1.29, 1.82) is 0 Å². The molecule has 0 fully saturated rings. The molecule has 0 saturated heterocycles. The van der Waals surface area contributed by atoms with Crippen molar-refractivity contribution in [1.82, 2.24) is 5.32 Å². The fraction of sp³-hybridized carbons (Fsp3) is 0.600. The van der Waals surface area contributed by atoms with Gasteiger partial charge in [-0.2, -0.15) is 0 Å². The van der Waals surface area contributed by atoms with E-state index in [9.17, 15) is 4.79 Å². The molecular formula is C10H14N2O2. The number of carbonyl (C=O) groups is 1. The first-order valence-electron chi connectivity index (χ1n) is 4.63. The average Bonchev–Trinajstić information content (AvgIpc) is 2.18. The van der Waals surface area contributed by atoms with Crippen molar-refractivity contribution < 1.29 is 9.53 Å². The van der Waals surface area contributed by atoms with Gasteiger partial charge in [0.05, 0.1) is 18.8 Å². The largest absolute Gasteiger partial charge is 0.375 e. The van der Waals surface area contributed by atoms with Gasteiger partial charge in [0.15, 0.2) is 0 Å². The molecule has 0 radical (unpaired) electrons. The fourth-order valence-corrected chi connectivity index (χ4v) is 0.943. The highest BCUT2D eigenvalue weighted by Crippen LogP contribution is 2.01. The Labute approximate surface area is 83.7 Å². The molecule has 0 bridgehead atoms. The van der Waals surface area contributed by atoms with Crippen LogP contribution in [0.25, 0.3) is 0 Å². The maximum atomic E-state index is 11.3. The van der Waals surface area contributed by atoms with E-state index in [0.29, 0.717) is 13.1 Å². The minimum Gasteiger partial charge on any atom is -0.375 e. The second kappa shape index (κ2) is 5.28. The molecule has 1 aliphatic heterocycles. The van der Waals surface area contributed by atoms with E-state index < -0.39 is 0 Å². The predicted octanol–water partition coefficient (Wildman–Crippen LogP) is 0.394. The summed E-state index contributed by atoms with van der Waals surface area (Å²) in [5, 5.41) is 2.87. The smallest absolute Gasteiger partial charge is 0.326 e. The molecule has 0 saturated carbocycles. The fourth-order valence-electron chi connectivity index (χ4n) is 0.943. The normalized spacial score (nSPS) is 19.5. The lowest BCUT2D eigenvalue weighted by molar-refractivity contribution is -0.140. The number of esters is 1. The van der Waals surface area contributed by atoms with Crippen LogP contribution in [0.15, 0.2) is 4.99 Å². The Morgan fingerprint density at radius 3 is 3.07 bits per heavy atom. The number of nitrogens with zero attached hydrogens (tertiary/aromatic N) is 1. The molecule has 1 heterocycles. The van der Waals surface area contributed by atoms with Gasteiger partial charge in [0.25, 0.3) is 0 Å². The molecule has 4 heteroatoms. The van der Waals surface area contributed by atoms with Gasteiger partial charge in [-0.1, -0.05) is 19.8 Å². The number of nitrogens with one attached hydrogen (secondary N) is 1. The molecule has 4 nitrogen and oxygen atoms in total. The first-order chi connectivity index (χ1) is 6.70. The van der Waals surface area contributed by atoms with Gasteiger partial charge in [-0.3, -0.25) is 9.79 Å². The highest BCUT2D eigenvalue weighted by molar-refractivity contribution is 5.75. The van der Waals surface area contributed by atoms with Crippen LogP contribution in [-0.2, 0) is 9.53 Å². The maximum Gasteiger partial charge on any atom is 0.326 e. The van der Waals surface area contributed by atoms with Gasteiger partial charge in [0.1, 0.15) is 6.11 Å². The zero-order valence-corrected chi connectivity index (χ0v) is 8.41. The summed E-state index contributed by atoms with van der Waals surface area (Å²) in [5.41, 5.74) is 0. The van der Waals surface area contributed by atoms with E-state index >= 15 is 0 Å². The molecule has 1 unspecified atom stereocenters. The van der Waals surface area contributed by atoms with E-state index in [1.165, 1.54) is 0 Å². The Morgan fingerprint density at radius 1 is 1.71 bits per heavy atom. The molecule has 1 aliphatic rings. The zero-order valence-electron chi connectivity index (χ0n) is 8.41. The van der Waals surface area contributed by atoms with Crippen molar-refractivity contribution in [2.45, 2.75) is 13.8 Å². The molecule has 1 N–H and O–H groups in total. The van der Waals surface area contributed by atoms with Crippen LogP contribution in [0.1, 0.15) is 13.8 Å². The summed E-state index contributed by atoms with van der Waals surface area (Å²) in [6.07, 6.45) is 4.00. The van der Waals surface area contributed by atoms with Crippen molar-refractivity contribution >= 4 is 12.3 Å². The number of ether oxygens (including phenoxy) is 1. The van der Waals surface area contributed by atoms with E-state index in [1.54, 1.807) is 6.34 Å². The lowest BCUT2D eigenvalue weighted by atomic mass is 10.1. The third-order valence-electron chi connectivity index (χ3n) is 1.71. The standard InChI is InChI=1S/C10H14N2O2/c1-8(2)3-4-14-10(13)9-5-11-7-12-6-9/h7-9H,5-6H2,1-2H3,(H,11,12). The topological polar surface area (TPSA) is 50.7 Å². The van der Waals surface area contributed by atoms with Gasteiger partial charge >= 0.3 is 5.97 Å². The minimum absolute atomic E-state index is 0.207. The lowest BCUT2D eigenvalue weighted by Crippen LogP contribution is -2.34. The van der Waals surface area contributed by atoms with Crippen LogP contribution in [0.5, 0.6) is 0 Å². The Balaban J connectivity index is 2.35. The van der Waals surface area contributed by atoms with E-state index in [1.807, 2.05) is 13.8 Å². The molecule has 0 spiro atoms. The quantitative estimate of drug-likeness (QED) is 0.485. The number of aliphatic imine (C=N–C) groups is 1. The number of hydrogen-bond donors (Lipinski definition) is 1. The van der Waals surface area contributed by atoms with Crippen molar-refractivity contribution in [3.8, 4) is 12.0 Å². The van der Waals surface area contributed by atoms with Crippen molar-refractivity contribution in [2.75, 3.05) is 13.1 Å². The van der Waals surface area contributed by atoms with Crippen molar-refractivity contribution in [2.24, 2.45) is 16.8 Å². The predicted molar refractivity (Wildman–Crippen MR) is 53.6 cm³/mol. The molecule has 76 valence electrons. The molecule has 1 rings (SSSR count). The third-order valence-corrected chi connectivity index (χ3v) is 1.71. The van der Waals surface area contributed by atoms with Crippen LogP contribution in [0.3, 0.4) is 0 Å². The Kier molecular flexibility index (Phi) is 3.99. The summed E-state index contributed by atoms with van der Waals surface area (Å²) in [6.45, 7) is 4.93. The molecule has 14 heavy (non-hydrogen) atoms. The van der Waals surface area contributed by atoms with Crippen LogP contribution in [0.4, 0.5) is 0 Å². The summed E-state index contributed by atoms with van der Waals surface area (Å²) in [6, 6.07) is 0. The summed E-state index contributed by atoms with van der Waals surface area (Å²) >= 11 is 0. The van der Waals surface area contributed by atoms with Crippen LogP contribution >= 0.6 is 0 Å².